The Balaban J connectivity index is 2.63. The third-order valence-corrected chi connectivity index (χ3v) is 2.55. The Morgan fingerprint density at radius 1 is 1.47 bits per heavy atom. The average molecular weight is 238 g/mol. The van der Waals surface area contributed by atoms with Crippen LogP contribution in [0.15, 0.2) is 18.2 Å². The predicted molar refractivity (Wildman–Crippen MR) is 67.3 cm³/mol. The summed E-state index contributed by atoms with van der Waals surface area (Å²) in [5, 5.41) is 2.82. The minimum atomic E-state index is -0.489. The Morgan fingerprint density at radius 3 is 2.76 bits per heavy atom. The highest BCUT2D eigenvalue weighted by atomic mass is 19.1. The van der Waals surface area contributed by atoms with Gasteiger partial charge in [-0.2, -0.15) is 0 Å². The number of nitrogens with one attached hydrogen (secondary N) is 1. The van der Waals surface area contributed by atoms with Gasteiger partial charge in [0, 0.05) is 17.3 Å². The molecule has 0 aliphatic rings. The highest BCUT2D eigenvalue weighted by Crippen LogP contribution is 2.11. The maximum absolute atomic E-state index is 13.1. The molecule has 0 spiro atoms. The number of nitrogen functional groups attached to an aromatic ring is 1. The zero-order valence-corrected chi connectivity index (χ0v) is 10.3. The van der Waals surface area contributed by atoms with Crippen molar-refractivity contribution in [3.05, 3.63) is 29.6 Å². The van der Waals surface area contributed by atoms with E-state index in [2.05, 4.69) is 12.2 Å². The number of hydrogen-bond acceptors (Lipinski definition) is 2. The number of halogens is 1. The molecule has 0 heterocycles. The number of anilines is 1. The summed E-state index contributed by atoms with van der Waals surface area (Å²) in [5.74, 6) is -0.767. The van der Waals surface area contributed by atoms with Crippen molar-refractivity contribution in [1.82, 2.24) is 5.32 Å². The maximum Gasteiger partial charge on any atom is 0.251 e. The summed E-state index contributed by atoms with van der Waals surface area (Å²) in [7, 11) is 0. The summed E-state index contributed by atoms with van der Waals surface area (Å²) in [5.41, 5.74) is 6.02. The second-order valence-corrected chi connectivity index (χ2v) is 4.29. The molecule has 1 amide bonds. The van der Waals surface area contributed by atoms with Crippen molar-refractivity contribution in [1.29, 1.82) is 0 Å². The number of carbonyl (C=O) groups excluding carboxylic acids is 1. The van der Waals surface area contributed by atoms with Crippen LogP contribution in [0.3, 0.4) is 0 Å². The van der Waals surface area contributed by atoms with Gasteiger partial charge in [-0.1, -0.05) is 19.8 Å². The predicted octanol–water partition coefficient (Wildman–Crippen LogP) is 2.72. The Labute approximate surface area is 101 Å². The van der Waals surface area contributed by atoms with Gasteiger partial charge in [-0.05, 0) is 31.5 Å². The van der Waals surface area contributed by atoms with Crippen molar-refractivity contribution in [2.24, 2.45) is 0 Å². The zero-order chi connectivity index (χ0) is 12.8. The number of benzene rings is 1. The first kappa shape index (κ1) is 13.5. The molecule has 17 heavy (non-hydrogen) atoms. The second-order valence-electron chi connectivity index (χ2n) is 4.29. The van der Waals surface area contributed by atoms with Gasteiger partial charge in [0.05, 0.1) is 0 Å². The first-order valence-corrected chi connectivity index (χ1v) is 5.90. The lowest BCUT2D eigenvalue weighted by atomic mass is 10.1. The Hall–Kier alpha value is -1.58. The minimum absolute atomic E-state index is 0.0898. The van der Waals surface area contributed by atoms with Gasteiger partial charge in [-0.15, -0.1) is 0 Å². The lowest BCUT2D eigenvalue weighted by molar-refractivity contribution is 0.0937. The van der Waals surface area contributed by atoms with Crippen LogP contribution < -0.4 is 11.1 Å². The number of carbonyl (C=O) groups is 1. The summed E-state index contributed by atoms with van der Waals surface area (Å²) >= 11 is 0. The molecule has 1 rings (SSSR count). The van der Waals surface area contributed by atoms with E-state index in [0.717, 1.165) is 19.3 Å². The summed E-state index contributed by atoms with van der Waals surface area (Å²) in [6.07, 6.45) is 3.08. The lowest BCUT2D eigenvalue weighted by Crippen LogP contribution is -2.32. The molecular weight excluding hydrogens is 219 g/mol. The molecule has 0 saturated heterocycles. The highest BCUT2D eigenvalue weighted by Gasteiger charge is 2.10. The summed E-state index contributed by atoms with van der Waals surface area (Å²) in [6.45, 7) is 4.04. The van der Waals surface area contributed by atoms with Crippen molar-refractivity contribution in [3.63, 3.8) is 0 Å². The van der Waals surface area contributed by atoms with Crippen molar-refractivity contribution in [2.75, 3.05) is 5.73 Å². The molecule has 1 aromatic rings. The molecule has 0 aliphatic carbocycles. The zero-order valence-electron chi connectivity index (χ0n) is 10.3. The maximum atomic E-state index is 13.1. The minimum Gasteiger partial charge on any atom is -0.399 e. The second kappa shape index (κ2) is 6.23. The van der Waals surface area contributed by atoms with Gasteiger partial charge >= 0.3 is 0 Å². The summed E-state index contributed by atoms with van der Waals surface area (Å²) in [4.78, 5) is 11.8. The van der Waals surface area contributed by atoms with Gasteiger partial charge in [0.2, 0.25) is 0 Å². The van der Waals surface area contributed by atoms with E-state index in [4.69, 9.17) is 5.73 Å². The van der Waals surface area contributed by atoms with Gasteiger partial charge in [-0.25, -0.2) is 4.39 Å². The van der Waals surface area contributed by atoms with E-state index in [1.807, 2.05) is 6.92 Å². The third-order valence-electron chi connectivity index (χ3n) is 2.55. The van der Waals surface area contributed by atoms with Crippen LogP contribution in [0.1, 0.15) is 43.5 Å². The van der Waals surface area contributed by atoms with E-state index in [1.54, 1.807) is 0 Å². The van der Waals surface area contributed by atoms with Crippen LogP contribution in [0.5, 0.6) is 0 Å². The van der Waals surface area contributed by atoms with Crippen LogP contribution in [-0.4, -0.2) is 11.9 Å². The van der Waals surface area contributed by atoms with Crippen LogP contribution in [-0.2, 0) is 0 Å². The van der Waals surface area contributed by atoms with Gasteiger partial charge in [0.1, 0.15) is 5.82 Å². The standard InChI is InChI=1S/C13H19FN2O/c1-3-4-5-9(2)16-13(17)10-6-11(14)8-12(15)7-10/h6-9H,3-5,15H2,1-2H3,(H,16,17). The fraction of sp³-hybridized carbons (Fsp3) is 0.462. The number of hydrogen-bond donors (Lipinski definition) is 2. The number of rotatable bonds is 5. The SMILES string of the molecule is CCCCC(C)NC(=O)c1cc(N)cc(F)c1. The van der Waals surface area contributed by atoms with Crippen LogP contribution in [0, 0.1) is 5.82 Å². The molecule has 0 radical (unpaired) electrons. The smallest absolute Gasteiger partial charge is 0.251 e. The van der Waals surface area contributed by atoms with E-state index in [9.17, 15) is 9.18 Å². The van der Waals surface area contributed by atoms with Crippen LogP contribution >= 0.6 is 0 Å². The molecule has 0 fully saturated rings. The topological polar surface area (TPSA) is 55.1 Å². The Bertz CT molecular complexity index is 373. The highest BCUT2D eigenvalue weighted by molar-refractivity contribution is 5.95. The van der Waals surface area contributed by atoms with Crippen molar-refractivity contribution < 1.29 is 9.18 Å². The largest absolute Gasteiger partial charge is 0.399 e. The molecule has 1 unspecified atom stereocenters. The molecule has 1 atom stereocenters. The molecule has 1 aromatic carbocycles. The van der Waals surface area contributed by atoms with E-state index >= 15 is 0 Å². The third kappa shape index (κ3) is 4.43. The normalized spacial score (nSPS) is 12.2. The van der Waals surface area contributed by atoms with E-state index in [0.29, 0.717) is 0 Å². The molecule has 3 N–H and O–H groups in total. The molecule has 0 aromatic heterocycles. The number of nitrogens with two attached hydrogens (primary N) is 1. The van der Waals surface area contributed by atoms with Crippen LogP contribution in [0.4, 0.5) is 10.1 Å². The van der Waals surface area contributed by atoms with Gasteiger partial charge < -0.3 is 11.1 Å². The molecule has 0 saturated carbocycles. The quantitative estimate of drug-likeness (QED) is 0.775. The lowest BCUT2D eigenvalue weighted by Gasteiger charge is -2.13. The monoisotopic (exact) mass is 238 g/mol. The van der Waals surface area contributed by atoms with E-state index in [-0.39, 0.29) is 23.2 Å². The first-order valence-electron chi connectivity index (χ1n) is 5.90. The fourth-order valence-electron chi connectivity index (χ4n) is 1.63. The van der Waals surface area contributed by atoms with Crippen LogP contribution in [0.25, 0.3) is 0 Å². The summed E-state index contributed by atoms with van der Waals surface area (Å²) < 4.78 is 13.1. The van der Waals surface area contributed by atoms with Crippen LogP contribution in [0.2, 0.25) is 0 Å². The average Bonchev–Trinajstić information content (AvgIpc) is 2.25. The Morgan fingerprint density at radius 2 is 2.18 bits per heavy atom. The van der Waals surface area contributed by atoms with Crippen molar-refractivity contribution >= 4 is 11.6 Å². The number of unbranched alkanes of at least 4 members (excludes halogenated alkanes) is 1. The molecule has 0 aliphatic heterocycles. The van der Waals surface area contributed by atoms with E-state index in [1.165, 1.54) is 18.2 Å². The number of amides is 1. The van der Waals surface area contributed by atoms with Gasteiger partial charge in [0.15, 0.2) is 0 Å². The van der Waals surface area contributed by atoms with Gasteiger partial charge in [0.25, 0.3) is 5.91 Å². The molecule has 94 valence electrons. The molecule has 4 heteroatoms. The van der Waals surface area contributed by atoms with Crippen molar-refractivity contribution in [3.8, 4) is 0 Å². The first-order chi connectivity index (χ1) is 8.02. The van der Waals surface area contributed by atoms with E-state index < -0.39 is 5.82 Å². The molecule has 3 nitrogen and oxygen atoms in total. The Kier molecular flexibility index (Phi) is 4.94. The van der Waals surface area contributed by atoms with Crippen molar-refractivity contribution in [2.45, 2.75) is 39.2 Å². The van der Waals surface area contributed by atoms with Gasteiger partial charge in [-0.3, -0.25) is 4.79 Å². The fourth-order valence-corrected chi connectivity index (χ4v) is 1.63. The molecule has 0 bridgehead atoms. The summed E-state index contributed by atoms with van der Waals surface area (Å²) in [6, 6.07) is 3.95. The molecular formula is C13H19FN2O.